The lowest BCUT2D eigenvalue weighted by molar-refractivity contribution is -0.137. The fourth-order valence-electron chi connectivity index (χ4n) is 4.32. The minimum Gasteiger partial charge on any atom is -0.505 e. The summed E-state index contributed by atoms with van der Waals surface area (Å²) in [5, 5.41) is 13.0. The molecule has 1 amide bonds. The second kappa shape index (κ2) is 10.0. The molecule has 0 bridgehead atoms. The minimum absolute atomic E-state index is 0.0203. The summed E-state index contributed by atoms with van der Waals surface area (Å²) in [6.07, 6.45) is -4.65. The van der Waals surface area contributed by atoms with Gasteiger partial charge in [-0.2, -0.15) is 13.2 Å². The predicted molar refractivity (Wildman–Crippen MR) is 129 cm³/mol. The average Bonchev–Trinajstić information content (AvgIpc) is 2.85. The third kappa shape index (κ3) is 5.63. The Labute approximate surface area is 210 Å². The number of nitrogens with one attached hydrogen (secondary N) is 1. The molecule has 4 aromatic rings. The molecule has 0 aliphatic heterocycles. The summed E-state index contributed by atoms with van der Waals surface area (Å²) < 4.78 is 68.6. The summed E-state index contributed by atoms with van der Waals surface area (Å²) in [6.45, 7) is 1.65. The van der Waals surface area contributed by atoms with E-state index in [-0.39, 0.29) is 23.1 Å². The molecule has 0 aromatic heterocycles. The quantitative estimate of drug-likeness (QED) is 0.276. The van der Waals surface area contributed by atoms with Crippen LogP contribution in [-0.2, 0) is 18.1 Å². The van der Waals surface area contributed by atoms with Gasteiger partial charge in [0.2, 0.25) is 0 Å². The number of amides is 1. The van der Waals surface area contributed by atoms with Gasteiger partial charge >= 0.3 is 6.18 Å². The molecule has 0 radical (unpaired) electrons. The number of alkyl halides is 3. The molecule has 2 N–H and O–H groups in total. The number of hydrogen-bond acceptors (Lipinski definition) is 2. The number of aromatic hydroxyl groups is 1. The van der Waals surface area contributed by atoms with Crippen LogP contribution in [0.1, 0.15) is 38.2 Å². The van der Waals surface area contributed by atoms with Gasteiger partial charge in [0.25, 0.3) is 5.91 Å². The van der Waals surface area contributed by atoms with Gasteiger partial charge in [-0.3, -0.25) is 4.79 Å². The summed E-state index contributed by atoms with van der Waals surface area (Å²) in [6, 6.07) is 20.3. The number of rotatable bonds is 6. The number of hydrogen-bond donors (Lipinski definition) is 2. The van der Waals surface area contributed by atoms with E-state index in [2.05, 4.69) is 5.32 Å². The van der Waals surface area contributed by atoms with Gasteiger partial charge in [-0.05, 0) is 71.6 Å². The summed E-state index contributed by atoms with van der Waals surface area (Å²) in [5.41, 5.74) is -1.18. The van der Waals surface area contributed by atoms with E-state index in [9.17, 15) is 31.9 Å². The van der Waals surface area contributed by atoms with Crippen LogP contribution in [-0.4, -0.2) is 11.0 Å². The molecule has 1 atom stereocenters. The number of phenolic OH excluding ortho intramolecular Hbond substituents is 1. The lowest BCUT2D eigenvalue weighted by atomic mass is 9.77. The van der Waals surface area contributed by atoms with E-state index < -0.39 is 40.6 Å². The molecule has 4 rings (SSSR count). The zero-order chi connectivity index (χ0) is 26.8. The van der Waals surface area contributed by atoms with E-state index in [1.165, 1.54) is 24.3 Å². The average molecular weight is 511 g/mol. The molecule has 37 heavy (non-hydrogen) atoms. The molecular weight excluding hydrogens is 489 g/mol. The lowest BCUT2D eigenvalue weighted by Gasteiger charge is -2.37. The molecule has 8 heteroatoms. The molecule has 0 saturated carbocycles. The van der Waals surface area contributed by atoms with Crippen LogP contribution in [0.4, 0.5) is 22.0 Å². The highest BCUT2D eigenvalue weighted by Crippen LogP contribution is 2.37. The summed E-state index contributed by atoms with van der Waals surface area (Å²) in [5.74, 6) is -3.08. The maximum Gasteiger partial charge on any atom is 0.416 e. The number of carbonyl (C=O) groups excluding carboxylic acids is 1. The first-order valence-electron chi connectivity index (χ1n) is 11.3. The first-order chi connectivity index (χ1) is 17.5. The number of phenols is 1. The van der Waals surface area contributed by atoms with E-state index in [0.29, 0.717) is 11.1 Å². The van der Waals surface area contributed by atoms with E-state index in [1.807, 2.05) is 0 Å². The van der Waals surface area contributed by atoms with Gasteiger partial charge in [-0.25, -0.2) is 8.78 Å². The Balaban J connectivity index is 1.95. The standard InChI is InChI=1S/C29H22F5NO2/c1-18-12-23(15-24(30)13-18)28(17-19-6-3-2-4-7-19,21-10-11-25(31)26(36)16-21)35-27(37)20-8-5-9-22(14-20)29(32,33)34/h2-16,36H,17H2,1H3,(H,35,37)/t28-/m1/s1. The smallest absolute Gasteiger partial charge is 0.416 e. The molecule has 0 aliphatic rings. The second-order valence-electron chi connectivity index (χ2n) is 8.78. The summed E-state index contributed by atoms with van der Waals surface area (Å²) >= 11 is 0. The first kappa shape index (κ1) is 25.9. The number of aryl methyl sites for hydroxylation is 1. The Morgan fingerprint density at radius 2 is 1.54 bits per heavy atom. The van der Waals surface area contributed by atoms with Crippen LogP contribution < -0.4 is 5.32 Å². The maximum atomic E-state index is 14.7. The van der Waals surface area contributed by atoms with Crippen molar-refractivity contribution in [3.63, 3.8) is 0 Å². The predicted octanol–water partition coefficient (Wildman–Crippen LogP) is 6.91. The SMILES string of the molecule is Cc1cc(F)cc([C@](Cc2ccccc2)(NC(=O)c2cccc(C(F)(F)F)c2)c2ccc(F)c(O)c2)c1. The van der Waals surface area contributed by atoms with Crippen molar-refractivity contribution in [3.8, 4) is 5.75 Å². The van der Waals surface area contributed by atoms with Crippen molar-refractivity contribution < 1.29 is 31.9 Å². The molecule has 0 saturated heterocycles. The Bertz CT molecular complexity index is 1420. The van der Waals surface area contributed by atoms with Gasteiger partial charge in [0.15, 0.2) is 11.6 Å². The third-order valence-electron chi connectivity index (χ3n) is 6.06. The van der Waals surface area contributed by atoms with Crippen LogP contribution in [0.5, 0.6) is 5.75 Å². The topological polar surface area (TPSA) is 49.3 Å². The van der Waals surface area contributed by atoms with Gasteiger partial charge in [0, 0.05) is 12.0 Å². The molecule has 0 unspecified atom stereocenters. The maximum absolute atomic E-state index is 14.7. The van der Waals surface area contributed by atoms with Crippen molar-refractivity contribution in [2.24, 2.45) is 0 Å². The molecule has 190 valence electrons. The summed E-state index contributed by atoms with van der Waals surface area (Å²) in [7, 11) is 0. The molecule has 0 fully saturated rings. The van der Waals surface area contributed by atoms with Crippen molar-refractivity contribution >= 4 is 5.91 Å². The second-order valence-corrected chi connectivity index (χ2v) is 8.78. The molecular formula is C29H22F5NO2. The number of benzene rings is 4. The first-order valence-corrected chi connectivity index (χ1v) is 11.3. The minimum atomic E-state index is -4.67. The Kier molecular flexibility index (Phi) is 7.03. The van der Waals surface area contributed by atoms with E-state index in [1.54, 1.807) is 43.3 Å². The van der Waals surface area contributed by atoms with Crippen LogP contribution in [0.15, 0.2) is 91.0 Å². The zero-order valence-corrected chi connectivity index (χ0v) is 19.6. The lowest BCUT2D eigenvalue weighted by Crippen LogP contribution is -2.48. The molecule has 0 aliphatic carbocycles. The highest BCUT2D eigenvalue weighted by atomic mass is 19.4. The Hall–Kier alpha value is -4.20. The van der Waals surface area contributed by atoms with Crippen LogP contribution in [0.3, 0.4) is 0 Å². The van der Waals surface area contributed by atoms with Crippen molar-refractivity contribution in [1.82, 2.24) is 5.32 Å². The van der Waals surface area contributed by atoms with Gasteiger partial charge < -0.3 is 10.4 Å². The van der Waals surface area contributed by atoms with Crippen molar-refractivity contribution in [2.45, 2.75) is 25.1 Å². The molecule has 0 heterocycles. The van der Waals surface area contributed by atoms with Gasteiger partial charge in [-0.1, -0.05) is 48.5 Å². The van der Waals surface area contributed by atoms with Gasteiger partial charge in [0.05, 0.1) is 11.1 Å². The molecule has 3 nitrogen and oxygen atoms in total. The van der Waals surface area contributed by atoms with E-state index >= 15 is 0 Å². The summed E-state index contributed by atoms with van der Waals surface area (Å²) in [4.78, 5) is 13.5. The van der Waals surface area contributed by atoms with Crippen LogP contribution in [0, 0.1) is 18.6 Å². The third-order valence-corrected chi connectivity index (χ3v) is 6.06. The zero-order valence-electron chi connectivity index (χ0n) is 19.6. The highest BCUT2D eigenvalue weighted by molar-refractivity contribution is 5.95. The van der Waals surface area contributed by atoms with Crippen molar-refractivity contribution in [1.29, 1.82) is 0 Å². The number of halogens is 5. The Morgan fingerprint density at radius 1 is 0.811 bits per heavy atom. The van der Waals surface area contributed by atoms with Gasteiger partial charge in [-0.15, -0.1) is 0 Å². The van der Waals surface area contributed by atoms with Crippen LogP contribution >= 0.6 is 0 Å². The fraction of sp³-hybridized carbons (Fsp3) is 0.138. The van der Waals surface area contributed by atoms with E-state index in [0.717, 1.165) is 30.3 Å². The van der Waals surface area contributed by atoms with Crippen molar-refractivity contribution in [2.75, 3.05) is 0 Å². The molecule has 0 spiro atoms. The van der Waals surface area contributed by atoms with Crippen LogP contribution in [0.25, 0.3) is 0 Å². The highest BCUT2D eigenvalue weighted by Gasteiger charge is 2.38. The normalized spacial score (nSPS) is 13.1. The largest absolute Gasteiger partial charge is 0.505 e. The number of carbonyl (C=O) groups is 1. The Morgan fingerprint density at radius 3 is 2.19 bits per heavy atom. The van der Waals surface area contributed by atoms with E-state index in [4.69, 9.17) is 0 Å². The van der Waals surface area contributed by atoms with Gasteiger partial charge in [0.1, 0.15) is 5.82 Å². The fourth-order valence-corrected chi connectivity index (χ4v) is 4.32. The van der Waals surface area contributed by atoms with Crippen molar-refractivity contribution in [3.05, 3.63) is 136 Å². The van der Waals surface area contributed by atoms with Crippen LogP contribution in [0.2, 0.25) is 0 Å². The molecule has 4 aromatic carbocycles. The monoisotopic (exact) mass is 511 g/mol.